The molecule has 1 fully saturated rings. The Hall–Kier alpha value is -1.27. The quantitative estimate of drug-likeness (QED) is 0.466. The highest BCUT2D eigenvalue weighted by Crippen LogP contribution is 2.28. The predicted molar refractivity (Wildman–Crippen MR) is 88.7 cm³/mol. The van der Waals surface area contributed by atoms with Crippen molar-refractivity contribution in [1.82, 2.24) is 9.99 Å². The minimum atomic E-state index is 0.575. The number of nitrogens with zero attached hydrogens (tertiary/aromatic N) is 2. The van der Waals surface area contributed by atoms with Crippen molar-refractivity contribution in [1.29, 1.82) is 0 Å². The second kappa shape index (κ2) is 7.13. The van der Waals surface area contributed by atoms with Gasteiger partial charge in [0.05, 0.1) is 29.4 Å². The molecule has 0 aromatic carbocycles. The predicted octanol–water partition coefficient (Wildman–Crippen LogP) is 2.40. The Morgan fingerprint density at radius 3 is 2.67 bits per heavy atom. The molecule has 0 unspecified atom stereocenters. The monoisotopic (exact) mass is 354 g/mol. The van der Waals surface area contributed by atoms with Crippen molar-refractivity contribution in [2.24, 2.45) is 17.5 Å². The van der Waals surface area contributed by atoms with Gasteiger partial charge in [-0.3, -0.25) is 0 Å². The first-order valence-corrected chi connectivity index (χ1v) is 8.29. The number of hydrazine groups is 1. The highest BCUT2D eigenvalue weighted by molar-refractivity contribution is 9.09. The van der Waals surface area contributed by atoms with Gasteiger partial charge in [0.25, 0.3) is 0 Å². The summed E-state index contributed by atoms with van der Waals surface area (Å²) < 4.78 is 5.85. The Balaban J connectivity index is 2.13. The van der Waals surface area contributed by atoms with Crippen molar-refractivity contribution >= 4 is 21.6 Å². The molecule has 1 aliphatic rings. The molecule has 1 aliphatic carbocycles. The fourth-order valence-corrected chi connectivity index (χ4v) is 2.92. The van der Waals surface area contributed by atoms with Gasteiger partial charge in [-0.15, -0.1) is 0 Å². The number of aryl methyl sites for hydroxylation is 1. The van der Waals surface area contributed by atoms with Gasteiger partial charge in [0, 0.05) is 12.4 Å². The topological polar surface area (TPSA) is 77.4 Å². The second-order valence-electron chi connectivity index (χ2n) is 5.49. The van der Waals surface area contributed by atoms with Gasteiger partial charge in [0.15, 0.2) is 0 Å². The summed E-state index contributed by atoms with van der Waals surface area (Å²) in [7, 11) is 1.76. The Kier molecular flexibility index (Phi) is 5.47. The summed E-state index contributed by atoms with van der Waals surface area (Å²) in [6, 6.07) is 3.82. The van der Waals surface area contributed by atoms with Crippen LogP contribution in [0, 0.1) is 12.8 Å². The summed E-state index contributed by atoms with van der Waals surface area (Å²) in [6.45, 7) is 2.72. The summed E-state index contributed by atoms with van der Waals surface area (Å²) in [4.78, 5) is 4.54. The third-order valence-electron chi connectivity index (χ3n) is 3.88. The van der Waals surface area contributed by atoms with Gasteiger partial charge in [0.1, 0.15) is 5.75 Å². The maximum Gasteiger partial charge on any atom is 0.140 e. The lowest BCUT2D eigenvalue weighted by Crippen LogP contribution is -2.28. The molecular weight excluding hydrogens is 332 g/mol. The van der Waals surface area contributed by atoms with Crippen LogP contribution in [-0.4, -0.2) is 29.0 Å². The molecule has 0 spiro atoms. The lowest BCUT2D eigenvalue weighted by molar-refractivity contribution is 0.179. The molecule has 0 bridgehead atoms. The number of hydrogen-bond acceptors (Lipinski definition) is 5. The zero-order chi connectivity index (χ0) is 15.4. The molecule has 116 valence electrons. The van der Waals surface area contributed by atoms with Crippen molar-refractivity contribution in [3.8, 4) is 5.75 Å². The molecule has 0 amide bonds. The maximum absolute atomic E-state index is 6.15. The van der Waals surface area contributed by atoms with E-state index in [2.05, 4.69) is 20.9 Å². The van der Waals surface area contributed by atoms with Gasteiger partial charge in [0.2, 0.25) is 0 Å². The van der Waals surface area contributed by atoms with E-state index in [4.69, 9.17) is 16.3 Å². The van der Waals surface area contributed by atoms with E-state index in [0.29, 0.717) is 16.9 Å². The largest absolute Gasteiger partial charge is 0.491 e. The van der Waals surface area contributed by atoms with E-state index in [1.807, 2.05) is 19.1 Å². The van der Waals surface area contributed by atoms with E-state index in [-0.39, 0.29) is 0 Å². The number of halogens is 1. The minimum absolute atomic E-state index is 0.575. The fraction of sp³-hybridized carbons (Fsp3) is 0.533. The van der Waals surface area contributed by atoms with Crippen LogP contribution in [0.1, 0.15) is 30.7 Å². The van der Waals surface area contributed by atoms with Gasteiger partial charge < -0.3 is 15.5 Å². The van der Waals surface area contributed by atoms with Gasteiger partial charge in [-0.05, 0) is 37.8 Å². The Morgan fingerprint density at radius 2 is 2.19 bits per heavy atom. The Bertz CT molecular complexity index is 526. The molecule has 0 aliphatic heterocycles. The smallest absolute Gasteiger partial charge is 0.140 e. The van der Waals surface area contributed by atoms with Crippen LogP contribution in [-0.2, 0) is 0 Å². The summed E-state index contributed by atoms with van der Waals surface area (Å²) in [5.74, 6) is 7.31. The van der Waals surface area contributed by atoms with Crippen LogP contribution in [0.15, 0.2) is 17.8 Å². The fourth-order valence-electron chi connectivity index (χ4n) is 2.22. The van der Waals surface area contributed by atoms with Gasteiger partial charge >= 0.3 is 0 Å². The molecule has 6 heteroatoms. The molecule has 1 saturated carbocycles. The van der Waals surface area contributed by atoms with Crippen molar-refractivity contribution in [2.45, 2.75) is 26.2 Å². The lowest BCUT2D eigenvalue weighted by Gasteiger charge is -2.25. The molecule has 21 heavy (non-hydrogen) atoms. The zero-order valence-electron chi connectivity index (χ0n) is 12.6. The van der Waals surface area contributed by atoms with E-state index in [1.54, 1.807) is 7.05 Å². The van der Waals surface area contributed by atoms with Crippen LogP contribution < -0.4 is 16.3 Å². The third kappa shape index (κ3) is 3.89. The van der Waals surface area contributed by atoms with Crippen LogP contribution in [0.5, 0.6) is 5.75 Å². The molecule has 0 atom stereocenters. The van der Waals surface area contributed by atoms with E-state index in [9.17, 15) is 0 Å². The number of allylic oxidation sites excluding steroid dienone is 1. The van der Waals surface area contributed by atoms with Crippen LogP contribution in [0.25, 0.3) is 5.70 Å². The molecule has 2 rings (SSSR count). The molecule has 1 aromatic rings. The zero-order valence-corrected chi connectivity index (χ0v) is 14.2. The van der Waals surface area contributed by atoms with Crippen LogP contribution in [0.2, 0.25) is 0 Å². The number of aromatic nitrogens is 1. The molecular formula is C15H23BrN4O. The average Bonchev–Trinajstić information content (AvgIpc) is 2.38. The van der Waals surface area contributed by atoms with Crippen LogP contribution >= 0.6 is 15.9 Å². The standard InChI is InChI=1S/C15H23BrN4O/c1-10-14(21-9-11-4-3-5-11)7-6-12(19-10)15(17)13(8-16)20(2)18/h6-7,11H,3-5,8-9,17-18H2,1-2H3/b15-13-. The average molecular weight is 355 g/mol. The first-order chi connectivity index (χ1) is 10.0. The first-order valence-electron chi connectivity index (χ1n) is 7.16. The first kappa shape index (κ1) is 16.1. The van der Waals surface area contributed by atoms with Gasteiger partial charge in [-0.1, -0.05) is 22.4 Å². The van der Waals surface area contributed by atoms with E-state index in [0.717, 1.165) is 29.4 Å². The van der Waals surface area contributed by atoms with E-state index in [1.165, 1.54) is 24.3 Å². The minimum Gasteiger partial charge on any atom is -0.491 e. The summed E-state index contributed by atoms with van der Waals surface area (Å²) in [5.41, 5.74) is 9.09. The Morgan fingerprint density at radius 1 is 1.48 bits per heavy atom. The number of alkyl halides is 1. The number of pyridine rings is 1. The summed E-state index contributed by atoms with van der Waals surface area (Å²) in [6.07, 6.45) is 3.88. The SMILES string of the molecule is Cc1nc(/C(N)=C(\CBr)N(C)N)ccc1OCC1CCC1. The van der Waals surface area contributed by atoms with Crippen LogP contribution in [0.3, 0.4) is 0 Å². The Labute approximate surface area is 134 Å². The molecule has 0 radical (unpaired) electrons. The normalized spacial score (nSPS) is 16.2. The van der Waals surface area contributed by atoms with Gasteiger partial charge in [-0.2, -0.15) is 0 Å². The summed E-state index contributed by atoms with van der Waals surface area (Å²) in [5, 5.41) is 2.08. The molecule has 1 aromatic heterocycles. The van der Waals surface area contributed by atoms with Crippen molar-refractivity contribution < 1.29 is 4.74 Å². The number of rotatable bonds is 6. The highest BCUT2D eigenvalue weighted by Gasteiger charge is 2.18. The summed E-state index contributed by atoms with van der Waals surface area (Å²) >= 11 is 3.39. The number of hydrogen-bond donors (Lipinski definition) is 2. The van der Waals surface area contributed by atoms with E-state index >= 15 is 0 Å². The highest BCUT2D eigenvalue weighted by atomic mass is 79.9. The van der Waals surface area contributed by atoms with Crippen LogP contribution in [0.4, 0.5) is 0 Å². The van der Waals surface area contributed by atoms with E-state index < -0.39 is 0 Å². The van der Waals surface area contributed by atoms with Gasteiger partial charge in [-0.25, -0.2) is 10.8 Å². The molecule has 5 nitrogen and oxygen atoms in total. The molecule has 4 N–H and O–H groups in total. The molecule has 0 saturated heterocycles. The second-order valence-corrected chi connectivity index (χ2v) is 6.05. The van der Waals surface area contributed by atoms with Crippen molar-refractivity contribution in [2.75, 3.05) is 19.0 Å². The number of nitrogens with two attached hydrogens (primary N) is 2. The lowest BCUT2D eigenvalue weighted by atomic mass is 9.86. The third-order valence-corrected chi connectivity index (χ3v) is 4.41. The van der Waals surface area contributed by atoms with Crippen molar-refractivity contribution in [3.63, 3.8) is 0 Å². The number of ether oxygens (including phenoxy) is 1. The van der Waals surface area contributed by atoms with Crippen molar-refractivity contribution in [3.05, 3.63) is 29.2 Å². The maximum atomic E-state index is 6.15. The molecule has 1 heterocycles.